The first-order chi connectivity index (χ1) is 4.93. The second kappa shape index (κ2) is 3.47. The van der Waals surface area contributed by atoms with Crippen LogP contribution in [0.15, 0.2) is 30.3 Å². The fraction of sp³-hybridized carbons (Fsp3) is 0. The SMILES string of the molecule is O=[C-]C#Cc1ccccc1. The lowest BCUT2D eigenvalue weighted by Crippen LogP contribution is -1.70. The van der Waals surface area contributed by atoms with Gasteiger partial charge in [-0.2, -0.15) is 0 Å². The molecule has 0 N–H and O–H groups in total. The summed E-state index contributed by atoms with van der Waals surface area (Å²) in [4.78, 5) is 9.68. The lowest BCUT2D eigenvalue weighted by molar-refractivity contribution is 0.566. The quantitative estimate of drug-likeness (QED) is 0.379. The predicted octanol–water partition coefficient (Wildman–Crippen LogP) is 1.15. The third-order valence-corrected chi connectivity index (χ3v) is 1.03. The Morgan fingerprint density at radius 3 is 2.50 bits per heavy atom. The van der Waals surface area contributed by atoms with Crippen molar-refractivity contribution in [3.05, 3.63) is 35.9 Å². The van der Waals surface area contributed by atoms with Gasteiger partial charge in [0.1, 0.15) is 0 Å². The van der Waals surface area contributed by atoms with Gasteiger partial charge in [-0.25, -0.2) is 0 Å². The second-order valence-corrected chi connectivity index (χ2v) is 1.72. The molecule has 0 atom stereocenters. The third kappa shape index (κ3) is 1.75. The lowest BCUT2D eigenvalue weighted by Gasteiger charge is -1.91. The highest BCUT2D eigenvalue weighted by atomic mass is 16.1. The van der Waals surface area contributed by atoms with E-state index in [4.69, 9.17) is 0 Å². The van der Waals surface area contributed by atoms with Crippen molar-refractivity contribution in [2.45, 2.75) is 0 Å². The maximum absolute atomic E-state index is 9.68. The van der Waals surface area contributed by atoms with E-state index in [9.17, 15) is 4.79 Å². The standard InChI is InChI=1S/C9H5O/c10-8-4-7-9-5-2-1-3-6-9/h1-3,5-6H/q-1. The Morgan fingerprint density at radius 1 is 1.20 bits per heavy atom. The van der Waals surface area contributed by atoms with Gasteiger partial charge in [-0.1, -0.05) is 35.9 Å². The maximum atomic E-state index is 9.68. The molecule has 0 saturated carbocycles. The van der Waals surface area contributed by atoms with Gasteiger partial charge in [-0.05, 0) is 0 Å². The molecule has 0 radical (unpaired) electrons. The number of benzene rings is 1. The van der Waals surface area contributed by atoms with Crippen molar-refractivity contribution < 1.29 is 4.79 Å². The van der Waals surface area contributed by atoms with Gasteiger partial charge in [0.05, 0.1) is 0 Å². The van der Waals surface area contributed by atoms with Crippen LogP contribution in [0, 0.1) is 11.8 Å². The Kier molecular flexibility index (Phi) is 2.28. The van der Waals surface area contributed by atoms with Crippen molar-refractivity contribution in [3.63, 3.8) is 0 Å². The predicted molar refractivity (Wildman–Crippen MR) is 39.0 cm³/mol. The zero-order chi connectivity index (χ0) is 7.23. The van der Waals surface area contributed by atoms with Crippen LogP contribution in [0.25, 0.3) is 0 Å². The first-order valence-corrected chi connectivity index (χ1v) is 2.86. The lowest BCUT2D eigenvalue weighted by atomic mass is 10.2. The van der Waals surface area contributed by atoms with Crippen LogP contribution in [-0.4, -0.2) is 6.29 Å². The highest BCUT2D eigenvalue weighted by Crippen LogP contribution is 1.93. The van der Waals surface area contributed by atoms with Crippen LogP contribution in [0.2, 0.25) is 0 Å². The Hall–Kier alpha value is -1.55. The van der Waals surface area contributed by atoms with E-state index in [-0.39, 0.29) is 0 Å². The van der Waals surface area contributed by atoms with Crippen LogP contribution in [-0.2, 0) is 4.79 Å². The van der Waals surface area contributed by atoms with Crippen LogP contribution in [0.4, 0.5) is 0 Å². The van der Waals surface area contributed by atoms with Crippen molar-refractivity contribution >= 4 is 6.29 Å². The number of carbonyl (C=O) groups excluding carboxylic acids is 1. The molecule has 10 heavy (non-hydrogen) atoms. The van der Waals surface area contributed by atoms with Crippen molar-refractivity contribution in [1.82, 2.24) is 0 Å². The molecule has 1 aromatic rings. The molecule has 1 rings (SSSR count). The van der Waals surface area contributed by atoms with E-state index in [2.05, 4.69) is 11.8 Å². The topological polar surface area (TPSA) is 17.1 Å². The molecule has 0 unspecified atom stereocenters. The first kappa shape index (κ1) is 6.57. The average molecular weight is 129 g/mol. The van der Waals surface area contributed by atoms with Crippen LogP contribution in [0.5, 0.6) is 0 Å². The first-order valence-electron chi connectivity index (χ1n) is 2.86. The molecule has 0 aliphatic rings. The van der Waals surface area contributed by atoms with Crippen molar-refractivity contribution in [1.29, 1.82) is 0 Å². The molecule has 0 saturated heterocycles. The Labute approximate surface area is 59.7 Å². The number of hydrogen-bond donors (Lipinski definition) is 0. The smallest absolute Gasteiger partial charge is 0.0401 e. The number of hydrogen-bond acceptors (Lipinski definition) is 1. The minimum atomic E-state index is 0.839. The minimum Gasteiger partial charge on any atom is -0.409 e. The number of rotatable bonds is 0. The highest BCUT2D eigenvalue weighted by molar-refractivity contribution is 5.74. The van der Waals surface area contributed by atoms with E-state index in [0.29, 0.717) is 0 Å². The molecule has 0 fully saturated rings. The normalized spacial score (nSPS) is 7.60. The van der Waals surface area contributed by atoms with Gasteiger partial charge >= 0.3 is 0 Å². The zero-order valence-electron chi connectivity index (χ0n) is 5.29. The summed E-state index contributed by atoms with van der Waals surface area (Å²) in [5, 5.41) is 0. The van der Waals surface area contributed by atoms with Gasteiger partial charge in [-0.15, -0.1) is 0 Å². The molecule has 0 aliphatic heterocycles. The summed E-state index contributed by atoms with van der Waals surface area (Å²) in [6.45, 7) is 0. The second-order valence-electron chi connectivity index (χ2n) is 1.72. The molecule has 0 spiro atoms. The summed E-state index contributed by atoms with van der Waals surface area (Å²) >= 11 is 0. The summed E-state index contributed by atoms with van der Waals surface area (Å²) in [6, 6.07) is 9.31. The summed E-state index contributed by atoms with van der Waals surface area (Å²) in [5.41, 5.74) is 0.839. The Morgan fingerprint density at radius 2 is 1.90 bits per heavy atom. The fourth-order valence-corrected chi connectivity index (χ4v) is 0.619. The van der Waals surface area contributed by atoms with Crippen LogP contribution < -0.4 is 0 Å². The zero-order valence-corrected chi connectivity index (χ0v) is 5.29. The molecule has 1 aromatic carbocycles. The van der Waals surface area contributed by atoms with Crippen molar-refractivity contribution in [2.24, 2.45) is 0 Å². The van der Waals surface area contributed by atoms with E-state index < -0.39 is 0 Å². The van der Waals surface area contributed by atoms with E-state index in [0.717, 1.165) is 5.56 Å². The van der Waals surface area contributed by atoms with Gasteiger partial charge in [0.15, 0.2) is 0 Å². The molecule has 0 bridgehead atoms. The Bertz CT molecular complexity index is 264. The summed E-state index contributed by atoms with van der Waals surface area (Å²) in [6.07, 6.45) is 1.51. The van der Waals surface area contributed by atoms with Crippen molar-refractivity contribution in [2.75, 3.05) is 0 Å². The molecule has 0 amide bonds. The molecule has 0 heterocycles. The molecular formula is C9H5O-. The van der Waals surface area contributed by atoms with Gasteiger partial charge < -0.3 is 4.79 Å². The highest BCUT2D eigenvalue weighted by Gasteiger charge is 1.71. The average Bonchev–Trinajstić information content (AvgIpc) is 2.03. The third-order valence-electron chi connectivity index (χ3n) is 1.03. The summed E-state index contributed by atoms with van der Waals surface area (Å²) in [5.74, 6) is 4.83. The molecule has 0 aromatic heterocycles. The Balaban J connectivity index is 2.86. The molecule has 1 heteroatoms. The molecular weight excluding hydrogens is 124 g/mol. The molecule has 1 nitrogen and oxygen atoms in total. The van der Waals surface area contributed by atoms with Crippen LogP contribution >= 0.6 is 0 Å². The maximum Gasteiger partial charge on any atom is 0.0401 e. The fourth-order valence-electron chi connectivity index (χ4n) is 0.619. The molecule has 0 aliphatic carbocycles. The largest absolute Gasteiger partial charge is 0.409 e. The van der Waals surface area contributed by atoms with E-state index >= 15 is 0 Å². The molecule has 48 valence electrons. The van der Waals surface area contributed by atoms with E-state index in [1.807, 2.05) is 30.3 Å². The van der Waals surface area contributed by atoms with Gasteiger partial charge in [0.25, 0.3) is 0 Å². The van der Waals surface area contributed by atoms with Gasteiger partial charge in [0, 0.05) is 6.29 Å². The summed E-state index contributed by atoms with van der Waals surface area (Å²) < 4.78 is 0. The van der Waals surface area contributed by atoms with Crippen LogP contribution in [0.1, 0.15) is 5.56 Å². The monoisotopic (exact) mass is 129 g/mol. The minimum absolute atomic E-state index is 0.839. The summed E-state index contributed by atoms with van der Waals surface area (Å²) in [7, 11) is 0. The van der Waals surface area contributed by atoms with Crippen molar-refractivity contribution in [3.8, 4) is 11.8 Å². The van der Waals surface area contributed by atoms with E-state index in [1.54, 1.807) is 0 Å². The van der Waals surface area contributed by atoms with Gasteiger partial charge in [0.2, 0.25) is 0 Å². The van der Waals surface area contributed by atoms with Gasteiger partial charge in [-0.3, -0.25) is 11.8 Å². The van der Waals surface area contributed by atoms with Crippen LogP contribution in [0.3, 0.4) is 0 Å². The van der Waals surface area contributed by atoms with E-state index in [1.165, 1.54) is 6.29 Å².